The number of ether oxygens (including phenoxy) is 2. The number of anilines is 1. The highest BCUT2D eigenvalue weighted by molar-refractivity contribution is 6.14. The van der Waals surface area contributed by atoms with Crippen molar-refractivity contribution in [2.24, 2.45) is 0 Å². The molecule has 0 bridgehead atoms. The molecule has 0 aliphatic carbocycles. The number of halogens is 1. The zero-order valence-corrected chi connectivity index (χ0v) is 16.7. The van der Waals surface area contributed by atoms with Gasteiger partial charge in [0.25, 0.3) is 0 Å². The lowest BCUT2D eigenvalue weighted by Crippen LogP contribution is -2.33. The Kier molecular flexibility index (Phi) is 5.44. The first kappa shape index (κ1) is 20.2. The van der Waals surface area contributed by atoms with Crippen LogP contribution in [0.5, 0.6) is 5.75 Å². The van der Waals surface area contributed by atoms with Gasteiger partial charge in [0.15, 0.2) is 5.78 Å². The molecule has 0 saturated heterocycles. The minimum atomic E-state index is -0.949. The Morgan fingerprint density at radius 1 is 1.19 bits per heavy atom. The number of aromatic nitrogens is 4. The van der Waals surface area contributed by atoms with Crippen LogP contribution < -0.4 is 10.1 Å². The summed E-state index contributed by atoms with van der Waals surface area (Å²) in [5, 5.41) is 14.2. The molecular formula is C21H18FN5O4. The second kappa shape index (κ2) is 8.34. The maximum atomic E-state index is 14.0. The summed E-state index contributed by atoms with van der Waals surface area (Å²) >= 11 is 0. The van der Waals surface area contributed by atoms with Crippen LogP contribution in [0.3, 0.4) is 0 Å². The Balaban J connectivity index is 1.89. The van der Waals surface area contributed by atoms with Crippen LogP contribution in [0.4, 0.5) is 10.3 Å². The number of hydrogen-bond donors (Lipinski definition) is 1. The van der Waals surface area contributed by atoms with E-state index in [2.05, 4.69) is 20.8 Å². The second-order valence-corrected chi connectivity index (χ2v) is 6.60. The first-order chi connectivity index (χ1) is 15.0. The third-order valence-electron chi connectivity index (χ3n) is 4.74. The number of nitrogens with one attached hydrogen (secondary N) is 1. The van der Waals surface area contributed by atoms with Crippen LogP contribution in [-0.2, 0) is 9.53 Å². The van der Waals surface area contributed by atoms with Gasteiger partial charge in [-0.3, -0.25) is 4.79 Å². The van der Waals surface area contributed by atoms with Crippen LogP contribution in [0.25, 0.3) is 0 Å². The van der Waals surface area contributed by atoms with E-state index in [0.717, 1.165) is 0 Å². The number of carbonyl (C=O) groups is 2. The monoisotopic (exact) mass is 423 g/mol. The first-order valence-electron chi connectivity index (χ1n) is 9.44. The Bertz CT molecular complexity index is 1170. The summed E-state index contributed by atoms with van der Waals surface area (Å²) < 4.78 is 25.6. The van der Waals surface area contributed by atoms with Gasteiger partial charge in [0.2, 0.25) is 5.95 Å². The highest BCUT2D eigenvalue weighted by Crippen LogP contribution is 2.37. The molecule has 9 nitrogen and oxygen atoms in total. The van der Waals surface area contributed by atoms with Crippen molar-refractivity contribution in [1.29, 1.82) is 0 Å². The molecule has 0 spiro atoms. The molecule has 1 N–H and O–H groups in total. The van der Waals surface area contributed by atoms with E-state index in [0.29, 0.717) is 23.5 Å². The number of benzene rings is 2. The van der Waals surface area contributed by atoms with Gasteiger partial charge in [-0.1, -0.05) is 17.2 Å². The molecule has 1 unspecified atom stereocenters. The fourth-order valence-corrected chi connectivity index (χ4v) is 3.40. The number of ketones is 1. The van der Waals surface area contributed by atoms with E-state index in [4.69, 9.17) is 9.47 Å². The van der Waals surface area contributed by atoms with E-state index >= 15 is 0 Å². The zero-order chi connectivity index (χ0) is 22.0. The lowest BCUT2D eigenvalue weighted by Gasteiger charge is -2.28. The molecule has 1 aliphatic heterocycles. The predicted molar refractivity (Wildman–Crippen MR) is 107 cm³/mol. The van der Waals surface area contributed by atoms with Crippen LogP contribution in [0.15, 0.2) is 59.8 Å². The standard InChI is InChI=1S/C21H18FN5O4/c1-3-31-15-9-7-12(8-10-15)19(28)16-17(20(29)30-2)23-21-24-25-26-27(21)18(16)13-5-4-6-14(22)11-13/h4-11,18H,3H2,1-2H3,(H,23,24,26). The van der Waals surface area contributed by atoms with Crippen LogP contribution in [0, 0.1) is 5.82 Å². The number of rotatable bonds is 6. The largest absolute Gasteiger partial charge is 0.494 e. The molecule has 2 aromatic carbocycles. The molecule has 0 saturated carbocycles. The Hall–Kier alpha value is -4.08. The van der Waals surface area contributed by atoms with Crippen molar-refractivity contribution in [2.75, 3.05) is 19.0 Å². The molecule has 1 aliphatic rings. The SMILES string of the molecule is CCOc1ccc(C(=O)C2=C(C(=O)OC)Nc3nnnn3C2c2cccc(F)c2)cc1. The van der Waals surface area contributed by atoms with Crippen molar-refractivity contribution >= 4 is 17.7 Å². The third-order valence-corrected chi connectivity index (χ3v) is 4.74. The highest BCUT2D eigenvalue weighted by Gasteiger charge is 2.38. The summed E-state index contributed by atoms with van der Waals surface area (Å²) in [6, 6.07) is 11.2. The third kappa shape index (κ3) is 3.75. The lowest BCUT2D eigenvalue weighted by atomic mass is 9.89. The van der Waals surface area contributed by atoms with Gasteiger partial charge in [-0.2, -0.15) is 4.68 Å². The minimum Gasteiger partial charge on any atom is -0.494 e. The van der Waals surface area contributed by atoms with Crippen molar-refractivity contribution in [3.63, 3.8) is 0 Å². The molecule has 4 rings (SSSR count). The summed E-state index contributed by atoms with van der Waals surface area (Å²) in [4.78, 5) is 26.1. The van der Waals surface area contributed by atoms with Crippen molar-refractivity contribution in [1.82, 2.24) is 20.2 Å². The second-order valence-electron chi connectivity index (χ2n) is 6.60. The van der Waals surface area contributed by atoms with Crippen molar-refractivity contribution < 1.29 is 23.5 Å². The quantitative estimate of drug-likeness (QED) is 0.476. The van der Waals surface area contributed by atoms with Gasteiger partial charge in [0.05, 0.1) is 19.3 Å². The first-order valence-corrected chi connectivity index (χ1v) is 9.44. The fourth-order valence-electron chi connectivity index (χ4n) is 3.40. The predicted octanol–water partition coefficient (Wildman–Crippen LogP) is 2.54. The maximum Gasteiger partial charge on any atom is 0.355 e. The molecule has 31 heavy (non-hydrogen) atoms. The molecule has 1 aromatic heterocycles. The minimum absolute atomic E-state index is 0.0291. The topological polar surface area (TPSA) is 108 Å². The van der Waals surface area contributed by atoms with Crippen LogP contribution in [0.2, 0.25) is 0 Å². The number of methoxy groups -OCH3 is 1. The van der Waals surface area contributed by atoms with Gasteiger partial charge in [-0.25, -0.2) is 9.18 Å². The van der Waals surface area contributed by atoms with Gasteiger partial charge < -0.3 is 14.8 Å². The average Bonchev–Trinajstić information content (AvgIpc) is 3.26. The number of carbonyl (C=O) groups excluding carboxylic acids is 2. The van der Waals surface area contributed by atoms with Gasteiger partial charge in [0, 0.05) is 5.56 Å². The molecule has 0 amide bonds. The van der Waals surface area contributed by atoms with E-state index < -0.39 is 23.6 Å². The fraction of sp³-hybridized carbons (Fsp3) is 0.190. The Labute approximate surface area is 176 Å². The van der Waals surface area contributed by atoms with E-state index in [1.165, 1.54) is 30.0 Å². The molecular weight excluding hydrogens is 405 g/mol. The molecule has 158 valence electrons. The van der Waals surface area contributed by atoms with Crippen LogP contribution in [-0.4, -0.2) is 45.7 Å². The number of fused-ring (bicyclic) bond motifs is 1. The van der Waals surface area contributed by atoms with Gasteiger partial charge in [-0.05, 0) is 59.3 Å². The Morgan fingerprint density at radius 3 is 2.65 bits per heavy atom. The zero-order valence-electron chi connectivity index (χ0n) is 16.7. The van der Waals surface area contributed by atoms with Gasteiger partial charge >= 0.3 is 5.97 Å². The number of hydrogen-bond acceptors (Lipinski definition) is 8. The van der Waals surface area contributed by atoms with Crippen molar-refractivity contribution in [3.05, 3.63) is 76.7 Å². The molecule has 10 heteroatoms. The van der Waals surface area contributed by atoms with Gasteiger partial charge in [-0.15, -0.1) is 0 Å². The number of nitrogens with zero attached hydrogens (tertiary/aromatic N) is 4. The summed E-state index contributed by atoms with van der Waals surface area (Å²) in [5.74, 6) is -1.01. The summed E-state index contributed by atoms with van der Waals surface area (Å²) in [6.45, 7) is 2.34. The number of allylic oxidation sites excluding steroid dienone is 1. The number of Topliss-reactive ketones (excluding diaryl/α,β-unsaturated/α-hetero) is 1. The van der Waals surface area contributed by atoms with Crippen LogP contribution in [0.1, 0.15) is 28.9 Å². The molecule has 1 atom stereocenters. The summed E-state index contributed by atoms with van der Waals surface area (Å²) in [6.07, 6.45) is 0. The van der Waals surface area contributed by atoms with Crippen molar-refractivity contribution in [3.8, 4) is 5.75 Å². The normalized spacial score (nSPS) is 15.1. The van der Waals surface area contributed by atoms with Gasteiger partial charge in [0.1, 0.15) is 23.3 Å². The highest BCUT2D eigenvalue weighted by atomic mass is 19.1. The summed E-state index contributed by atoms with van der Waals surface area (Å²) in [5.41, 5.74) is 0.615. The van der Waals surface area contributed by atoms with Crippen LogP contribution >= 0.6 is 0 Å². The number of esters is 1. The lowest BCUT2D eigenvalue weighted by molar-refractivity contribution is -0.136. The van der Waals surface area contributed by atoms with E-state index in [9.17, 15) is 14.0 Å². The molecule has 0 fully saturated rings. The molecule has 3 aromatic rings. The maximum absolute atomic E-state index is 14.0. The Morgan fingerprint density at radius 2 is 1.97 bits per heavy atom. The average molecular weight is 423 g/mol. The van der Waals surface area contributed by atoms with Crippen molar-refractivity contribution in [2.45, 2.75) is 13.0 Å². The molecule has 0 radical (unpaired) electrons. The molecule has 2 heterocycles. The smallest absolute Gasteiger partial charge is 0.355 e. The number of tetrazole rings is 1. The van der Waals surface area contributed by atoms with E-state index in [-0.39, 0.29) is 17.2 Å². The van der Waals surface area contributed by atoms with E-state index in [1.807, 2.05) is 6.92 Å². The summed E-state index contributed by atoms with van der Waals surface area (Å²) in [7, 11) is 1.20. The van der Waals surface area contributed by atoms with E-state index in [1.54, 1.807) is 30.3 Å².